The molecule has 0 saturated heterocycles. The minimum Gasteiger partial charge on any atom is -0.465 e. The minimum atomic E-state index is -0.426. The van der Waals surface area contributed by atoms with E-state index in [-0.39, 0.29) is 17.8 Å². The van der Waals surface area contributed by atoms with Gasteiger partial charge in [-0.1, -0.05) is 13.3 Å². The van der Waals surface area contributed by atoms with Gasteiger partial charge in [-0.15, -0.1) is 0 Å². The van der Waals surface area contributed by atoms with E-state index in [9.17, 15) is 9.59 Å². The lowest BCUT2D eigenvalue weighted by molar-refractivity contribution is -0.145. The van der Waals surface area contributed by atoms with Crippen LogP contribution >= 0.6 is 0 Å². The molecule has 15 heavy (non-hydrogen) atoms. The number of carbonyl (C=O) groups excluding carboxylic acids is 2. The highest BCUT2D eigenvalue weighted by Crippen LogP contribution is 2.00. The highest BCUT2D eigenvalue weighted by Gasteiger charge is 2.20. The maximum Gasteiger partial charge on any atom is 0.322 e. The third-order valence-electron chi connectivity index (χ3n) is 2.16. The van der Waals surface area contributed by atoms with Crippen molar-refractivity contribution in [3.05, 3.63) is 0 Å². The van der Waals surface area contributed by atoms with E-state index in [2.05, 4.69) is 5.32 Å². The Hall–Kier alpha value is -0.900. The van der Waals surface area contributed by atoms with Crippen molar-refractivity contribution in [2.45, 2.75) is 52.6 Å². The van der Waals surface area contributed by atoms with Crippen LogP contribution in [0.25, 0.3) is 0 Å². The summed E-state index contributed by atoms with van der Waals surface area (Å²) < 4.78 is 4.85. The number of hydrogen-bond donors (Lipinski definition) is 1. The zero-order valence-corrected chi connectivity index (χ0v) is 10.0. The van der Waals surface area contributed by atoms with Crippen LogP contribution in [-0.2, 0) is 14.3 Å². The van der Waals surface area contributed by atoms with Crippen LogP contribution in [0.4, 0.5) is 0 Å². The number of ether oxygens (including phenoxy) is 1. The summed E-state index contributed by atoms with van der Waals surface area (Å²) in [4.78, 5) is 22.5. The average molecular weight is 215 g/mol. The fourth-order valence-electron chi connectivity index (χ4n) is 1.33. The van der Waals surface area contributed by atoms with E-state index in [0.717, 1.165) is 12.8 Å². The van der Waals surface area contributed by atoms with Gasteiger partial charge < -0.3 is 4.74 Å². The Bertz CT molecular complexity index is 216. The first-order chi connectivity index (χ1) is 7.02. The molecule has 4 nitrogen and oxygen atoms in total. The molecule has 0 aliphatic carbocycles. The molecule has 2 unspecified atom stereocenters. The minimum absolute atomic E-state index is 0.0630. The maximum atomic E-state index is 11.3. The van der Waals surface area contributed by atoms with E-state index in [0.29, 0.717) is 6.61 Å². The van der Waals surface area contributed by atoms with Crippen molar-refractivity contribution in [2.24, 2.45) is 0 Å². The summed E-state index contributed by atoms with van der Waals surface area (Å²) in [6, 6.07) is -0.667. The number of nitrogens with one attached hydrogen (secondary N) is 1. The molecule has 0 heterocycles. The first-order valence-corrected chi connectivity index (χ1v) is 5.46. The molecule has 0 aromatic carbocycles. The number of Topliss-reactive ketones (excluding diaryl/α,β-unsaturated/α-hetero) is 1. The van der Waals surface area contributed by atoms with Crippen LogP contribution in [0.15, 0.2) is 0 Å². The molecule has 88 valence electrons. The van der Waals surface area contributed by atoms with Crippen molar-refractivity contribution in [1.29, 1.82) is 0 Å². The third-order valence-corrected chi connectivity index (χ3v) is 2.16. The Balaban J connectivity index is 4.15. The predicted octanol–water partition coefficient (Wildman–Crippen LogP) is 1.29. The van der Waals surface area contributed by atoms with Crippen LogP contribution in [0.3, 0.4) is 0 Å². The quantitative estimate of drug-likeness (QED) is 0.650. The van der Waals surface area contributed by atoms with Gasteiger partial charge >= 0.3 is 5.97 Å². The molecule has 0 saturated carbocycles. The summed E-state index contributed by atoms with van der Waals surface area (Å²) in [6.45, 7) is 7.38. The third kappa shape index (κ3) is 5.52. The molecule has 1 N–H and O–H groups in total. The van der Waals surface area contributed by atoms with E-state index < -0.39 is 6.04 Å². The first-order valence-electron chi connectivity index (χ1n) is 5.46. The second kappa shape index (κ2) is 7.40. The number of hydrogen-bond acceptors (Lipinski definition) is 4. The summed E-state index contributed by atoms with van der Waals surface area (Å²) in [5.74, 6) is -0.243. The zero-order valence-electron chi connectivity index (χ0n) is 10.0. The smallest absolute Gasteiger partial charge is 0.322 e. The lowest BCUT2D eigenvalue weighted by Gasteiger charge is -2.19. The summed E-state index contributed by atoms with van der Waals surface area (Å²) in [5, 5.41) is 2.98. The second-order valence-electron chi connectivity index (χ2n) is 3.59. The van der Waals surface area contributed by atoms with E-state index in [1.807, 2.05) is 6.92 Å². The van der Waals surface area contributed by atoms with Gasteiger partial charge in [-0.2, -0.15) is 0 Å². The standard InChI is InChI=1S/C11H21NO3/c1-5-7-10(9(4)13)12-8(3)11(14)15-6-2/h8,10,12H,5-7H2,1-4H3. The van der Waals surface area contributed by atoms with Gasteiger partial charge in [0, 0.05) is 0 Å². The molecule has 0 aliphatic heterocycles. The lowest BCUT2D eigenvalue weighted by Crippen LogP contribution is -2.45. The van der Waals surface area contributed by atoms with Crippen LogP contribution in [0, 0.1) is 0 Å². The maximum absolute atomic E-state index is 11.3. The molecule has 0 radical (unpaired) electrons. The van der Waals surface area contributed by atoms with Crippen LogP contribution in [0.5, 0.6) is 0 Å². The molecule has 0 bridgehead atoms. The molecule has 0 rings (SSSR count). The fourth-order valence-corrected chi connectivity index (χ4v) is 1.33. The Morgan fingerprint density at radius 2 is 1.93 bits per heavy atom. The molecule has 0 aromatic heterocycles. The largest absolute Gasteiger partial charge is 0.465 e. The first kappa shape index (κ1) is 14.1. The normalized spacial score (nSPS) is 14.4. The molecule has 0 amide bonds. The number of esters is 1. The fraction of sp³-hybridized carbons (Fsp3) is 0.818. The SMILES string of the molecule is CCCC(NC(C)C(=O)OCC)C(C)=O. The van der Waals surface area contributed by atoms with Crippen molar-refractivity contribution < 1.29 is 14.3 Å². The van der Waals surface area contributed by atoms with Gasteiger partial charge in [-0.25, -0.2) is 0 Å². The van der Waals surface area contributed by atoms with E-state index in [4.69, 9.17) is 4.74 Å². The molecule has 0 spiro atoms. The van der Waals surface area contributed by atoms with Gasteiger partial charge in [0.2, 0.25) is 0 Å². The Morgan fingerprint density at radius 3 is 2.33 bits per heavy atom. The van der Waals surface area contributed by atoms with E-state index in [1.54, 1.807) is 13.8 Å². The topological polar surface area (TPSA) is 55.4 Å². The monoisotopic (exact) mass is 215 g/mol. The van der Waals surface area contributed by atoms with Crippen molar-refractivity contribution >= 4 is 11.8 Å². The average Bonchev–Trinajstić information content (AvgIpc) is 2.17. The zero-order chi connectivity index (χ0) is 11.8. The van der Waals surface area contributed by atoms with E-state index in [1.165, 1.54) is 6.92 Å². The van der Waals surface area contributed by atoms with Gasteiger partial charge in [0.25, 0.3) is 0 Å². The van der Waals surface area contributed by atoms with Crippen LogP contribution in [-0.4, -0.2) is 30.4 Å². The summed E-state index contributed by atoms with van der Waals surface area (Å²) >= 11 is 0. The lowest BCUT2D eigenvalue weighted by atomic mass is 10.1. The summed E-state index contributed by atoms with van der Waals surface area (Å²) in [7, 11) is 0. The van der Waals surface area contributed by atoms with Crippen LogP contribution < -0.4 is 5.32 Å². The molecule has 2 atom stereocenters. The van der Waals surface area contributed by atoms with Gasteiger partial charge in [-0.3, -0.25) is 14.9 Å². The predicted molar refractivity (Wildman–Crippen MR) is 58.6 cm³/mol. The van der Waals surface area contributed by atoms with Gasteiger partial charge in [0.1, 0.15) is 11.8 Å². The highest BCUT2D eigenvalue weighted by molar-refractivity contribution is 5.83. The summed E-state index contributed by atoms with van der Waals surface area (Å²) in [6.07, 6.45) is 1.66. The number of carbonyl (C=O) groups is 2. The van der Waals surface area contributed by atoms with Gasteiger partial charge in [0.05, 0.1) is 12.6 Å². The van der Waals surface area contributed by atoms with E-state index >= 15 is 0 Å². The molecular weight excluding hydrogens is 194 g/mol. The molecule has 4 heteroatoms. The second-order valence-corrected chi connectivity index (χ2v) is 3.59. The van der Waals surface area contributed by atoms with Crippen molar-refractivity contribution in [3.63, 3.8) is 0 Å². The summed E-state index contributed by atoms with van der Waals surface area (Å²) in [5.41, 5.74) is 0. The van der Waals surface area contributed by atoms with Crippen LogP contribution in [0.2, 0.25) is 0 Å². The van der Waals surface area contributed by atoms with Crippen molar-refractivity contribution in [1.82, 2.24) is 5.32 Å². The van der Waals surface area contributed by atoms with Crippen LogP contribution in [0.1, 0.15) is 40.5 Å². The Labute approximate surface area is 91.4 Å². The molecule has 0 aromatic rings. The van der Waals surface area contributed by atoms with Gasteiger partial charge in [0.15, 0.2) is 0 Å². The van der Waals surface area contributed by atoms with Gasteiger partial charge in [-0.05, 0) is 27.2 Å². The van der Waals surface area contributed by atoms with Crippen molar-refractivity contribution in [2.75, 3.05) is 6.61 Å². The number of rotatable bonds is 7. The molecular formula is C11H21NO3. The number of ketones is 1. The van der Waals surface area contributed by atoms with Crippen molar-refractivity contribution in [3.8, 4) is 0 Å². The Morgan fingerprint density at radius 1 is 1.33 bits per heavy atom. The molecule has 0 aliphatic rings. The molecule has 0 fully saturated rings. The Kier molecular flexibility index (Phi) is 6.96. The highest BCUT2D eigenvalue weighted by atomic mass is 16.5.